The van der Waals surface area contributed by atoms with Gasteiger partial charge in [0.1, 0.15) is 0 Å². The van der Waals surface area contributed by atoms with Crippen LogP contribution in [0.25, 0.3) is 16.9 Å². The minimum Gasteiger partial charge on any atom is -0.352 e. The second-order valence-corrected chi connectivity index (χ2v) is 8.03. The molecule has 1 amide bonds. The summed E-state index contributed by atoms with van der Waals surface area (Å²) in [5.74, 6) is 0.531. The molecule has 4 heteroatoms. The molecule has 0 aliphatic heterocycles. The lowest BCUT2D eigenvalue weighted by molar-refractivity contribution is 0.0951. The van der Waals surface area contributed by atoms with Crippen LogP contribution in [-0.4, -0.2) is 17.0 Å². The Morgan fingerprint density at radius 1 is 1.07 bits per heavy atom. The fourth-order valence-electron chi connectivity index (χ4n) is 3.36. The van der Waals surface area contributed by atoms with Crippen molar-refractivity contribution in [2.45, 2.75) is 34.1 Å². The second kappa shape index (κ2) is 8.66. The highest BCUT2D eigenvalue weighted by atomic mass is 35.5. The maximum absolute atomic E-state index is 12.9. The minimum atomic E-state index is -0.0271. The molecule has 1 heterocycles. The van der Waals surface area contributed by atoms with Crippen molar-refractivity contribution < 1.29 is 4.79 Å². The SMILES string of the molecule is Cc1ccccc1-n1c(-c2ccc(Cl)cc2)cc(C(=O)NCCC(C)C)c1C. The summed E-state index contributed by atoms with van der Waals surface area (Å²) in [6, 6.07) is 17.9. The van der Waals surface area contributed by atoms with Crippen LogP contribution < -0.4 is 5.32 Å². The number of hydrogen-bond donors (Lipinski definition) is 1. The highest BCUT2D eigenvalue weighted by Crippen LogP contribution is 2.31. The molecule has 3 aromatic rings. The highest BCUT2D eigenvalue weighted by molar-refractivity contribution is 6.30. The monoisotopic (exact) mass is 394 g/mol. The smallest absolute Gasteiger partial charge is 0.253 e. The van der Waals surface area contributed by atoms with E-state index in [2.05, 4.69) is 42.8 Å². The van der Waals surface area contributed by atoms with Crippen LogP contribution in [0.1, 0.15) is 41.9 Å². The molecular formula is C24H27ClN2O. The van der Waals surface area contributed by atoms with Gasteiger partial charge in [0.2, 0.25) is 0 Å². The fraction of sp³-hybridized carbons (Fsp3) is 0.292. The molecule has 1 aromatic heterocycles. The molecule has 146 valence electrons. The van der Waals surface area contributed by atoms with E-state index in [1.165, 1.54) is 0 Å². The van der Waals surface area contributed by atoms with Crippen LogP contribution in [0.15, 0.2) is 54.6 Å². The van der Waals surface area contributed by atoms with Gasteiger partial charge < -0.3 is 9.88 Å². The molecule has 3 rings (SSSR count). The van der Waals surface area contributed by atoms with Crippen LogP contribution >= 0.6 is 11.6 Å². The molecule has 0 aliphatic rings. The third kappa shape index (κ3) is 4.31. The molecule has 2 aromatic carbocycles. The van der Waals surface area contributed by atoms with Gasteiger partial charge in [0.25, 0.3) is 5.91 Å². The maximum Gasteiger partial charge on any atom is 0.253 e. The number of benzene rings is 2. The van der Waals surface area contributed by atoms with E-state index in [4.69, 9.17) is 11.6 Å². The predicted octanol–water partition coefficient (Wildman–Crippen LogP) is 6.19. The topological polar surface area (TPSA) is 34.0 Å². The van der Waals surface area contributed by atoms with Crippen LogP contribution in [0.2, 0.25) is 5.02 Å². The number of aryl methyl sites for hydroxylation is 1. The molecule has 3 nitrogen and oxygen atoms in total. The summed E-state index contributed by atoms with van der Waals surface area (Å²) >= 11 is 6.08. The van der Waals surface area contributed by atoms with Crippen LogP contribution in [-0.2, 0) is 0 Å². The first-order chi connectivity index (χ1) is 13.4. The zero-order valence-electron chi connectivity index (χ0n) is 16.9. The molecule has 0 radical (unpaired) electrons. The van der Waals surface area contributed by atoms with Crippen molar-refractivity contribution in [1.29, 1.82) is 0 Å². The van der Waals surface area contributed by atoms with Crippen molar-refractivity contribution in [2.75, 3.05) is 6.54 Å². The molecule has 0 fully saturated rings. The van der Waals surface area contributed by atoms with Crippen molar-refractivity contribution in [3.8, 4) is 16.9 Å². The fourth-order valence-corrected chi connectivity index (χ4v) is 3.49. The number of carbonyl (C=O) groups excluding carboxylic acids is 1. The van der Waals surface area contributed by atoms with E-state index in [9.17, 15) is 4.79 Å². The Hall–Kier alpha value is -2.52. The van der Waals surface area contributed by atoms with Crippen LogP contribution in [0.4, 0.5) is 0 Å². The normalized spacial score (nSPS) is 11.1. The first-order valence-electron chi connectivity index (χ1n) is 9.71. The zero-order chi connectivity index (χ0) is 20.3. The van der Waals surface area contributed by atoms with E-state index in [-0.39, 0.29) is 5.91 Å². The van der Waals surface area contributed by atoms with Crippen molar-refractivity contribution in [1.82, 2.24) is 9.88 Å². The molecule has 0 saturated carbocycles. The number of nitrogens with zero attached hydrogens (tertiary/aromatic N) is 1. The van der Waals surface area contributed by atoms with Gasteiger partial charge in [-0.05, 0) is 61.6 Å². The Morgan fingerprint density at radius 3 is 2.39 bits per heavy atom. The number of rotatable bonds is 6. The third-order valence-corrected chi connectivity index (χ3v) is 5.25. The van der Waals surface area contributed by atoms with E-state index in [0.29, 0.717) is 23.0 Å². The Bertz CT molecular complexity index is 971. The Balaban J connectivity index is 2.08. The van der Waals surface area contributed by atoms with Gasteiger partial charge in [0, 0.05) is 22.9 Å². The number of aromatic nitrogens is 1. The van der Waals surface area contributed by atoms with Crippen molar-refractivity contribution >= 4 is 17.5 Å². The molecule has 0 atom stereocenters. The number of carbonyl (C=O) groups is 1. The largest absolute Gasteiger partial charge is 0.352 e. The Labute approximate surface area is 172 Å². The molecule has 28 heavy (non-hydrogen) atoms. The van der Waals surface area contributed by atoms with E-state index >= 15 is 0 Å². The van der Waals surface area contributed by atoms with E-state index < -0.39 is 0 Å². The number of halogens is 1. The molecule has 0 aliphatic carbocycles. The first-order valence-corrected chi connectivity index (χ1v) is 10.1. The van der Waals surface area contributed by atoms with Crippen molar-refractivity contribution in [3.05, 3.63) is 76.4 Å². The van der Waals surface area contributed by atoms with Crippen LogP contribution in [0, 0.1) is 19.8 Å². The maximum atomic E-state index is 12.9. The number of nitrogens with one attached hydrogen (secondary N) is 1. The summed E-state index contributed by atoms with van der Waals surface area (Å²) in [5, 5.41) is 3.76. The minimum absolute atomic E-state index is 0.0271. The number of hydrogen-bond acceptors (Lipinski definition) is 1. The van der Waals surface area contributed by atoms with Gasteiger partial charge in [-0.25, -0.2) is 0 Å². The van der Waals surface area contributed by atoms with Gasteiger partial charge in [0.15, 0.2) is 0 Å². The summed E-state index contributed by atoms with van der Waals surface area (Å²) in [5.41, 5.74) is 5.88. The second-order valence-electron chi connectivity index (χ2n) is 7.60. The van der Waals surface area contributed by atoms with Gasteiger partial charge in [-0.3, -0.25) is 4.79 Å². The van der Waals surface area contributed by atoms with Gasteiger partial charge in [-0.2, -0.15) is 0 Å². The van der Waals surface area contributed by atoms with Gasteiger partial charge >= 0.3 is 0 Å². The molecule has 0 unspecified atom stereocenters. The summed E-state index contributed by atoms with van der Waals surface area (Å²) in [7, 11) is 0. The number of para-hydroxylation sites is 1. The van der Waals surface area contributed by atoms with Gasteiger partial charge in [-0.1, -0.05) is 55.8 Å². The predicted molar refractivity (Wildman–Crippen MR) is 117 cm³/mol. The molecular weight excluding hydrogens is 368 g/mol. The summed E-state index contributed by atoms with van der Waals surface area (Å²) in [6.45, 7) is 9.09. The summed E-state index contributed by atoms with van der Waals surface area (Å²) in [6.07, 6.45) is 0.966. The van der Waals surface area contributed by atoms with E-state index in [0.717, 1.165) is 34.6 Å². The zero-order valence-corrected chi connectivity index (χ0v) is 17.7. The lowest BCUT2D eigenvalue weighted by Gasteiger charge is -2.15. The van der Waals surface area contributed by atoms with Crippen molar-refractivity contribution in [3.63, 3.8) is 0 Å². The number of amides is 1. The molecule has 1 N–H and O–H groups in total. The Kier molecular flexibility index (Phi) is 6.25. The summed E-state index contributed by atoms with van der Waals surface area (Å²) < 4.78 is 2.16. The average Bonchev–Trinajstić information content (AvgIpc) is 2.99. The molecule has 0 spiro atoms. The molecule has 0 bridgehead atoms. The van der Waals surface area contributed by atoms with Gasteiger partial charge in [0.05, 0.1) is 11.3 Å². The van der Waals surface area contributed by atoms with E-state index in [1.807, 2.05) is 49.4 Å². The lowest BCUT2D eigenvalue weighted by Crippen LogP contribution is -2.25. The lowest BCUT2D eigenvalue weighted by atomic mass is 10.1. The average molecular weight is 395 g/mol. The third-order valence-electron chi connectivity index (χ3n) is 5.00. The quantitative estimate of drug-likeness (QED) is 0.531. The summed E-state index contributed by atoms with van der Waals surface area (Å²) in [4.78, 5) is 12.9. The highest BCUT2D eigenvalue weighted by Gasteiger charge is 2.20. The first kappa shape index (κ1) is 20.2. The van der Waals surface area contributed by atoms with Crippen LogP contribution in [0.5, 0.6) is 0 Å². The van der Waals surface area contributed by atoms with E-state index in [1.54, 1.807) is 0 Å². The Morgan fingerprint density at radius 2 is 1.75 bits per heavy atom. The molecule has 0 saturated heterocycles. The van der Waals surface area contributed by atoms with Crippen molar-refractivity contribution in [2.24, 2.45) is 5.92 Å². The standard InChI is InChI=1S/C24H27ClN2O/c1-16(2)13-14-26-24(28)21-15-23(19-9-11-20(25)12-10-19)27(18(21)4)22-8-6-5-7-17(22)3/h5-12,15-16H,13-14H2,1-4H3,(H,26,28). The van der Waals surface area contributed by atoms with Crippen LogP contribution in [0.3, 0.4) is 0 Å². The van der Waals surface area contributed by atoms with Gasteiger partial charge in [-0.15, -0.1) is 0 Å².